The maximum absolute atomic E-state index is 10.8. The highest BCUT2D eigenvalue weighted by Crippen LogP contribution is 2.14. The second kappa shape index (κ2) is 4.43. The van der Waals surface area contributed by atoms with Crippen molar-refractivity contribution in [3.63, 3.8) is 0 Å². The number of ether oxygens (including phenoxy) is 1. The van der Waals surface area contributed by atoms with Crippen LogP contribution in [0.3, 0.4) is 0 Å². The molecule has 0 bridgehead atoms. The summed E-state index contributed by atoms with van der Waals surface area (Å²) in [6.07, 6.45) is -0.444. The topological polar surface area (TPSA) is 78.8 Å². The molecule has 0 saturated carbocycles. The fourth-order valence-electron chi connectivity index (χ4n) is 1.33. The van der Waals surface area contributed by atoms with Gasteiger partial charge in [0.25, 0.3) is 0 Å². The quantitative estimate of drug-likeness (QED) is 0.563. The number of hydrogen-bond acceptors (Lipinski definition) is 4. The van der Waals surface area contributed by atoms with Gasteiger partial charge in [0.2, 0.25) is 0 Å². The molecule has 1 heterocycles. The SMILES string of the molecule is CCC(O)CC1NC(=O)OC1CO. The minimum Gasteiger partial charge on any atom is -0.442 e. The number of amides is 1. The first-order valence-electron chi connectivity index (χ1n) is 4.43. The molecule has 0 aromatic rings. The number of hydrogen-bond donors (Lipinski definition) is 3. The van der Waals surface area contributed by atoms with Crippen LogP contribution in [0.25, 0.3) is 0 Å². The van der Waals surface area contributed by atoms with Crippen LogP contribution in [-0.2, 0) is 4.74 Å². The van der Waals surface area contributed by atoms with E-state index in [1.54, 1.807) is 0 Å². The molecule has 76 valence electrons. The van der Waals surface area contributed by atoms with Crippen molar-refractivity contribution in [2.75, 3.05) is 6.61 Å². The van der Waals surface area contributed by atoms with Crippen molar-refractivity contribution in [3.05, 3.63) is 0 Å². The molecular weight excluding hydrogens is 174 g/mol. The van der Waals surface area contributed by atoms with E-state index in [0.29, 0.717) is 12.8 Å². The van der Waals surface area contributed by atoms with Crippen LogP contribution in [0.1, 0.15) is 19.8 Å². The van der Waals surface area contributed by atoms with Gasteiger partial charge in [-0.25, -0.2) is 4.79 Å². The van der Waals surface area contributed by atoms with Crippen molar-refractivity contribution in [2.45, 2.75) is 38.0 Å². The molecule has 1 saturated heterocycles. The Hall–Kier alpha value is -0.810. The number of rotatable bonds is 4. The number of carbonyl (C=O) groups excluding carboxylic acids is 1. The zero-order valence-electron chi connectivity index (χ0n) is 7.56. The minimum atomic E-state index is -0.521. The largest absolute Gasteiger partial charge is 0.442 e. The number of alkyl carbamates (subject to hydrolysis) is 1. The van der Waals surface area contributed by atoms with Gasteiger partial charge >= 0.3 is 6.09 Å². The summed E-state index contributed by atoms with van der Waals surface area (Å²) in [6, 6.07) is -0.271. The van der Waals surface area contributed by atoms with Gasteiger partial charge in [0, 0.05) is 0 Å². The zero-order chi connectivity index (χ0) is 9.84. The van der Waals surface area contributed by atoms with Crippen LogP contribution in [0.4, 0.5) is 4.79 Å². The zero-order valence-corrected chi connectivity index (χ0v) is 7.56. The van der Waals surface area contributed by atoms with Crippen molar-refractivity contribution in [3.8, 4) is 0 Å². The molecule has 3 atom stereocenters. The predicted octanol–water partition coefficient (Wildman–Crippen LogP) is -0.383. The van der Waals surface area contributed by atoms with Crippen molar-refractivity contribution in [1.82, 2.24) is 5.32 Å². The van der Waals surface area contributed by atoms with Crippen molar-refractivity contribution in [2.24, 2.45) is 0 Å². The molecule has 1 amide bonds. The minimum absolute atomic E-state index is 0.208. The molecule has 1 rings (SSSR count). The van der Waals surface area contributed by atoms with Gasteiger partial charge in [-0.3, -0.25) is 0 Å². The number of cyclic esters (lactones) is 1. The molecule has 1 aliphatic heterocycles. The highest BCUT2D eigenvalue weighted by Gasteiger charge is 2.34. The standard InChI is InChI=1S/C8H15NO4/c1-2-5(11)3-6-7(4-10)13-8(12)9-6/h5-7,10-11H,2-4H2,1H3,(H,9,12). The van der Waals surface area contributed by atoms with Crippen molar-refractivity contribution in [1.29, 1.82) is 0 Å². The van der Waals surface area contributed by atoms with Gasteiger partial charge in [-0.05, 0) is 12.8 Å². The normalized spacial score (nSPS) is 29.6. The van der Waals surface area contributed by atoms with E-state index in [2.05, 4.69) is 5.32 Å². The Morgan fingerprint density at radius 3 is 2.92 bits per heavy atom. The van der Waals surface area contributed by atoms with E-state index in [9.17, 15) is 9.90 Å². The molecule has 0 aromatic heterocycles. The molecule has 0 radical (unpaired) electrons. The molecule has 1 aliphatic rings. The first-order valence-corrected chi connectivity index (χ1v) is 4.43. The summed E-state index contributed by atoms with van der Waals surface area (Å²) in [6.45, 7) is 1.65. The van der Waals surface area contributed by atoms with Gasteiger partial charge in [-0.2, -0.15) is 0 Å². The molecule has 0 spiro atoms. The fourth-order valence-corrected chi connectivity index (χ4v) is 1.33. The summed E-state index contributed by atoms with van der Waals surface area (Å²) < 4.78 is 4.76. The van der Waals surface area contributed by atoms with Gasteiger partial charge < -0.3 is 20.3 Å². The van der Waals surface area contributed by atoms with Crippen LogP contribution in [0.5, 0.6) is 0 Å². The third kappa shape index (κ3) is 2.57. The fraction of sp³-hybridized carbons (Fsp3) is 0.875. The van der Waals surface area contributed by atoms with E-state index in [0.717, 1.165) is 0 Å². The van der Waals surface area contributed by atoms with Crippen LogP contribution >= 0.6 is 0 Å². The Balaban J connectivity index is 2.43. The molecular formula is C8H15NO4. The maximum atomic E-state index is 10.8. The van der Waals surface area contributed by atoms with E-state index in [-0.39, 0.29) is 12.6 Å². The Labute approximate surface area is 76.7 Å². The number of carbonyl (C=O) groups is 1. The van der Waals surface area contributed by atoms with E-state index in [1.165, 1.54) is 0 Å². The number of aliphatic hydroxyl groups excluding tert-OH is 2. The molecule has 0 aromatic carbocycles. The molecule has 3 unspecified atom stereocenters. The summed E-state index contributed by atoms with van der Waals surface area (Å²) in [5.41, 5.74) is 0. The van der Waals surface area contributed by atoms with Crippen LogP contribution in [0.2, 0.25) is 0 Å². The monoisotopic (exact) mass is 189 g/mol. The second-order valence-corrected chi connectivity index (χ2v) is 3.17. The van der Waals surface area contributed by atoms with Crippen LogP contribution < -0.4 is 5.32 Å². The highest BCUT2D eigenvalue weighted by molar-refractivity contribution is 5.70. The van der Waals surface area contributed by atoms with Crippen LogP contribution in [0, 0.1) is 0 Å². The van der Waals surface area contributed by atoms with E-state index < -0.39 is 18.3 Å². The first kappa shape index (κ1) is 10.3. The number of nitrogens with one attached hydrogen (secondary N) is 1. The molecule has 3 N–H and O–H groups in total. The second-order valence-electron chi connectivity index (χ2n) is 3.17. The maximum Gasteiger partial charge on any atom is 0.407 e. The summed E-state index contributed by atoms with van der Waals surface area (Å²) in [5.74, 6) is 0. The lowest BCUT2D eigenvalue weighted by molar-refractivity contribution is 0.0674. The average molecular weight is 189 g/mol. The van der Waals surface area contributed by atoms with Crippen LogP contribution in [-0.4, -0.2) is 41.2 Å². The summed E-state index contributed by atoms with van der Waals surface area (Å²) in [7, 11) is 0. The third-order valence-corrected chi connectivity index (χ3v) is 2.19. The van der Waals surface area contributed by atoms with E-state index in [1.807, 2.05) is 6.92 Å². The molecule has 1 fully saturated rings. The first-order chi connectivity index (χ1) is 6.17. The Morgan fingerprint density at radius 2 is 2.38 bits per heavy atom. The Morgan fingerprint density at radius 1 is 1.69 bits per heavy atom. The predicted molar refractivity (Wildman–Crippen MR) is 45.2 cm³/mol. The van der Waals surface area contributed by atoms with Crippen LogP contribution in [0.15, 0.2) is 0 Å². The van der Waals surface area contributed by atoms with E-state index in [4.69, 9.17) is 9.84 Å². The average Bonchev–Trinajstić information content (AvgIpc) is 2.46. The lowest BCUT2D eigenvalue weighted by Crippen LogP contribution is -2.36. The van der Waals surface area contributed by atoms with Gasteiger partial charge in [0.05, 0.1) is 18.8 Å². The molecule has 0 aliphatic carbocycles. The molecule has 5 heteroatoms. The third-order valence-electron chi connectivity index (χ3n) is 2.19. The summed E-state index contributed by atoms with van der Waals surface area (Å²) in [4.78, 5) is 10.8. The lowest BCUT2D eigenvalue weighted by Gasteiger charge is -2.17. The molecule has 5 nitrogen and oxygen atoms in total. The van der Waals surface area contributed by atoms with Gasteiger partial charge in [-0.15, -0.1) is 0 Å². The lowest BCUT2D eigenvalue weighted by atomic mass is 10.0. The van der Waals surface area contributed by atoms with Crippen molar-refractivity contribution >= 4 is 6.09 Å². The number of aliphatic hydroxyl groups is 2. The highest BCUT2D eigenvalue weighted by atomic mass is 16.6. The Kier molecular flexibility index (Phi) is 3.50. The summed E-state index contributed by atoms with van der Waals surface area (Å²) >= 11 is 0. The van der Waals surface area contributed by atoms with Crippen molar-refractivity contribution < 1.29 is 19.7 Å². The van der Waals surface area contributed by atoms with Gasteiger partial charge in [-0.1, -0.05) is 6.92 Å². The van der Waals surface area contributed by atoms with E-state index >= 15 is 0 Å². The summed E-state index contributed by atoms with van der Waals surface area (Å²) in [5, 5.41) is 20.7. The van der Waals surface area contributed by atoms with Gasteiger partial charge in [0.15, 0.2) is 0 Å². The smallest absolute Gasteiger partial charge is 0.407 e. The van der Waals surface area contributed by atoms with Gasteiger partial charge in [0.1, 0.15) is 6.10 Å². The molecule has 13 heavy (non-hydrogen) atoms. The Bertz CT molecular complexity index is 185.